The Kier molecular flexibility index (Phi) is 3.59. The van der Waals surface area contributed by atoms with Gasteiger partial charge >= 0.3 is 0 Å². The molecule has 4 saturated carbocycles. The Morgan fingerprint density at radius 2 is 1.68 bits per heavy atom. The van der Waals surface area contributed by atoms with Crippen molar-refractivity contribution in [2.24, 2.45) is 41.2 Å². The molecule has 0 heterocycles. The van der Waals surface area contributed by atoms with Gasteiger partial charge in [-0.15, -0.1) is 0 Å². The molecule has 108 valence electrons. The third-order valence-electron chi connectivity index (χ3n) is 6.12. The van der Waals surface area contributed by atoms with Gasteiger partial charge in [0.15, 0.2) is 0 Å². The molecule has 1 atom stereocenters. The Bertz CT molecular complexity index is 327. The summed E-state index contributed by atoms with van der Waals surface area (Å²) in [5.74, 6) is 5.55. The standard InChI is InChI=1S/C16H28N2O/c1-10(9-18(2)15(19)8-17)16-13-4-11-3-12(6-13)7-14(16)5-11/h10-14,16H,3-9,17H2,1-2H3. The Labute approximate surface area is 116 Å². The van der Waals surface area contributed by atoms with Crippen molar-refractivity contribution in [3.8, 4) is 0 Å². The maximum absolute atomic E-state index is 11.6. The number of carbonyl (C=O) groups is 1. The third kappa shape index (κ3) is 2.42. The molecule has 4 aliphatic rings. The van der Waals surface area contributed by atoms with Crippen LogP contribution in [0.5, 0.6) is 0 Å². The van der Waals surface area contributed by atoms with Crippen LogP contribution in [0.4, 0.5) is 0 Å². The van der Waals surface area contributed by atoms with Crippen molar-refractivity contribution in [2.75, 3.05) is 20.1 Å². The van der Waals surface area contributed by atoms with E-state index in [1.165, 1.54) is 32.1 Å². The van der Waals surface area contributed by atoms with Crippen molar-refractivity contribution >= 4 is 5.91 Å². The van der Waals surface area contributed by atoms with Crippen LogP contribution in [-0.4, -0.2) is 30.9 Å². The second-order valence-corrected chi connectivity index (χ2v) is 7.46. The molecule has 3 nitrogen and oxygen atoms in total. The van der Waals surface area contributed by atoms with E-state index in [2.05, 4.69) is 6.92 Å². The highest BCUT2D eigenvalue weighted by atomic mass is 16.2. The molecule has 4 rings (SSSR count). The Balaban J connectivity index is 1.64. The summed E-state index contributed by atoms with van der Waals surface area (Å²) in [7, 11) is 1.90. The highest BCUT2D eigenvalue weighted by Crippen LogP contribution is 2.58. The normalized spacial score (nSPS) is 41.3. The lowest BCUT2D eigenvalue weighted by atomic mass is 9.50. The summed E-state index contributed by atoms with van der Waals surface area (Å²) in [4.78, 5) is 13.5. The molecule has 0 spiro atoms. The lowest BCUT2D eigenvalue weighted by Gasteiger charge is -2.56. The molecular formula is C16H28N2O. The van der Waals surface area contributed by atoms with E-state index in [0.717, 1.165) is 36.1 Å². The first kappa shape index (κ1) is 13.4. The number of likely N-dealkylation sites (N-methyl/N-ethyl adjacent to an activating group) is 1. The van der Waals surface area contributed by atoms with Crippen molar-refractivity contribution in [3.05, 3.63) is 0 Å². The zero-order valence-corrected chi connectivity index (χ0v) is 12.3. The topological polar surface area (TPSA) is 46.3 Å². The fourth-order valence-corrected chi connectivity index (χ4v) is 5.71. The lowest BCUT2D eigenvalue weighted by Crippen LogP contribution is -2.49. The first-order valence-electron chi connectivity index (χ1n) is 8.02. The summed E-state index contributed by atoms with van der Waals surface area (Å²) >= 11 is 0. The number of hydrogen-bond acceptors (Lipinski definition) is 2. The van der Waals surface area contributed by atoms with E-state index in [4.69, 9.17) is 5.73 Å². The summed E-state index contributed by atoms with van der Waals surface area (Å²) in [6.07, 6.45) is 7.39. The number of nitrogens with two attached hydrogens (primary N) is 1. The van der Waals surface area contributed by atoms with Crippen molar-refractivity contribution in [2.45, 2.75) is 39.0 Å². The summed E-state index contributed by atoms with van der Waals surface area (Å²) in [6, 6.07) is 0. The second kappa shape index (κ2) is 5.08. The lowest BCUT2D eigenvalue weighted by molar-refractivity contribution is -0.130. The summed E-state index contributed by atoms with van der Waals surface area (Å²) in [5.41, 5.74) is 5.45. The van der Waals surface area contributed by atoms with E-state index in [1.54, 1.807) is 0 Å². The van der Waals surface area contributed by atoms with Crippen molar-refractivity contribution in [3.63, 3.8) is 0 Å². The van der Waals surface area contributed by atoms with Gasteiger partial charge in [-0.1, -0.05) is 6.92 Å². The van der Waals surface area contributed by atoms with Crippen LogP contribution in [0.25, 0.3) is 0 Å². The summed E-state index contributed by atoms with van der Waals surface area (Å²) in [6.45, 7) is 3.39. The number of hydrogen-bond donors (Lipinski definition) is 1. The van der Waals surface area contributed by atoms with Gasteiger partial charge in [-0.25, -0.2) is 0 Å². The average molecular weight is 264 g/mol. The molecule has 0 radical (unpaired) electrons. The van der Waals surface area contributed by atoms with Gasteiger partial charge < -0.3 is 10.6 Å². The van der Waals surface area contributed by atoms with Gasteiger partial charge in [0, 0.05) is 13.6 Å². The molecule has 0 aliphatic heterocycles. The molecule has 19 heavy (non-hydrogen) atoms. The highest BCUT2D eigenvalue weighted by Gasteiger charge is 2.49. The quantitative estimate of drug-likeness (QED) is 0.845. The largest absolute Gasteiger partial charge is 0.344 e. The molecule has 1 amide bonds. The second-order valence-electron chi connectivity index (χ2n) is 7.46. The van der Waals surface area contributed by atoms with Crippen LogP contribution >= 0.6 is 0 Å². The van der Waals surface area contributed by atoms with Crippen molar-refractivity contribution in [1.82, 2.24) is 4.90 Å². The molecule has 4 bridgehead atoms. The Hall–Kier alpha value is -0.570. The molecule has 1 unspecified atom stereocenters. The van der Waals surface area contributed by atoms with E-state index in [9.17, 15) is 4.79 Å². The monoisotopic (exact) mass is 264 g/mol. The van der Waals surface area contributed by atoms with Crippen LogP contribution < -0.4 is 5.73 Å². The van der Waals surface area contributed by atoms with Crippen LogP contribution in [-0.2, 0) is 4.79 Å². The van der Waals surface area contributed by atoms with Gasteiger partial charge in [0.1, 0.15) is 0 Å². The summed E-state index contributed by atoms with van der Waals surface area (Å²) < 4.78 is 0. The van der Waals surface area contributed by atoms with Gasteiger partial charge in [-0.05, 0) is 67.6 Å². The molecular weight excluding hydrogens is 236 g/mol. The fourth-order valence-electron chi connectivity index (χ4n) is 5.71. The van der Waals surface area contributed by atoms with Gasteiger partial charge in [0.25, 0.3) is 0 Å². The van der Waals surface area contributed by atoms with Gasteiger partial charge in [-0.3, -0.25) is 4.79 Å². The molecule has 4 fully saturated rings. The number of amides is 1. The van der Waals surface area contributed by atoms with E-state index in [0.29, 0.717) is 5.92 Å². The Morgan fingerprint density at radius 1 is 1.16 bits per heavy atom. The van der Waals surface area contributed by atoms with E-state index in [1.807, 2.05) is 11.9 Å². The zero-order valence-electron chi connectivity index (χ0n) is 12.3. The first-order chi connectivity index (χ1) is 9.08. The van der Waals surface area contributed by atoms with E-state index >= 15 is 0 Å². The number of carbonyl (C=O) groups excluding carboxylic acids is 1. The molecule has 2 N–H and O–H groups in total. The van der Waals surface area contributed by atoms with Crippen LogP contribution in [0, 0.1) is 35.5 Å². The third-order valence-corrected chi connectivity index (χ3v) is 6.12. The Morgan fingerprint density at radius 3 is 2.16 bits per heavy atom. The predicted octanol–water partition coefficient (Wildman–Crippen LogP) is 2.11. The molecule has 0 aromatic carbocycles. The van der Waals surface area contributed by atoms with Gasteiger partial charge in [0.05, 0.1) is 6.54 Å². The fraction of sp³-hybridized carbons (Fsp3) is 0.938. The molecule has 4 aliphatic carbocycles. The summed E-state index contributed by atoms with van der Waals surface area (Å²) in [5, 5.41) is 0. The van der Waals surface area contributed by atoms with Crippen molar-refractivity contribution < 1.29 is 4.79 Å². The minimum atomic E-state index is 0.0793. The highest BCUT2D eigenvalue weighted by molar-refractivity contribution is 5.77. The smallest absolute Gasteiger partial charge is 0.236 e. The van der Waals surface area contributed by atoms with Crippen LogP contribution in [0.15, 0.2) is 0 Å². The van der Waals surface area contributed by atoms with E-state index < -0.39 is 0 Å². The maximum atomic E-state index is 11.6. The first-order valence-corrected chi connectivity index (χ1v) is 8.02. The van der Waals surface area contributed by atoms with Crippen LogP contribution in [0.1, 0.15) is 39.0 Å². The molecule has 0 saturated heterocycles. The number of rotatable bonds is 4. The average Bonchev–Trinajstić information content (AvgIpc) is 2.36. The van der Waals surface area contributed by atoms with Crippen molar-refractivity contribution in [1.29, 1.82) is 0 Å². The SMILES string of the molecule is CC(CN(C)C(=O)CN)C1C2CC3CC(C2)CC1C3. The van der Waals surface area contributed by atoms with Crippen LogP contribution in [0.2, 0.25) is 0 Å². The van der Waals surface area contributed by atoms with Gasteiger partial charge in [-0.2, -0.15) is 0 Å². The predicted molar refractivity (Wildman–Crippen MR) is 76.4 cm³/mol. The minimum absolute atomic E-state index is 0.0793. The van der Waals surface area contributed by atoms with Crippen LogP contribution in [0.3, 0.4) is 0 Å². The maximum Gasteiger partial charge on any atom is 0.236 e. The van der Waals surface area contributed by atoms with E-state index in [-0.39, 0.29) is 12.5 Å². The van der Waals surface area contributed by atoms with Gasteiger partial charge in [0.2, 0.25) is 5.91 Å². The number of nitrogens with zero attached hydrogens (tertiary/aromatic N) is 1. The zero-order chi connectivity index (χ0) is 13.6. The molecule has 0 aromatic rings. The molecule has 3 heteroatoms. The molecule has 0 aromatic heterocycles. The minimum Gasteiger partial charge on any atom is -0.344 e.